The van der Waals surface area contributed by atoms with Crippen molar-refractivity contribution in [3.8, 4) is 0 Å². The minimum atomic E-state index is -0.206. The number of hydrogen-bond acceptors (Lipinski definition) is 7. The van der Waals surface area contributed by atoms with Crippen LogP contribution in [0.2, 0.25) is 0 Å². The van der Waals surface area contributed by atoms with Gasteiger partial charge in [0.25, 0.3) is 5.91 Å². The van der Waals surface area contributed by atoms with E-state index in [9.17, 15) is 4.79 Å². The van der Waals surface area contributed by atoms with Gasteiger partial charge < -0.3 is 21.1 Å². The first-order chi connectivity index (χ1) is 15.1. The van der Waals surface area contributed by atoms with E-state index in [1.807, 2.05) is 27.7 Å². The predicted molar refractivity (Wildman–Crippen MR) is 141 cm³/mol. The van der Waals surface area contributed by atoms with Gasteiger partial charge in [0.15, 0.2) is 0 Å². The quantitative estimate of drug-likeness (QED) is 0.354. The summed E-state index contributed by atoms with van der Waals surface area (Å²) in [6.45, 7) is 11.2. The lowest BCUT2D eigenvalue weighted by atomic mass is 10.2. The number of aromatic nitrogens is 1. The smallest absolute Gasteiger partial charge is 0.251 e. The topological polar surface area (TPSA) is 86.3 Å². The number of amides is 1. The number of carbonyl (C=O) groups excluding carboxylic acids is 1. The van der Waals surface area contributed by atoms with Crippen LogP contribution in [0.3, 0.4) is 0 Å². The lowest BCUT2D eigenvalue weighted by Gasteiger charge is -2.10. The molecule has 0 atom stereocenters. The standard InChI is InChI=1S/C13H20N4O2.C5H6S.2C2H6.CH4S/c1-14-11-6-10(13(19)15-4-5-18)7-12(17-11)16-8-9-2-3-9;1-5-2-3-6-4-5;3*1-2/h6-7,9,18H,2-5,8H2,1H3,(H,15,19)(H2,14,16,17);2-4H,1H3;2*1-2H3;2H,1H3. The van der Waals surface area contributed by atoms with E-state index in [1.54, 1.807) is 36.8 Å². The van der Waals surface area contributed by atoms with E-state index >= 15 is 0 Å². The molecule has 1 fully saturated rings. The van der Waals surface area contributed by atoms with Crippen molar-refractivity contribution in [2.24, 2.45) is 5.92 Å². The Bertz CT molecular complexity index is 664. The number of hydrogen-bond donors (Lipinski definition) is 5. The van der Waals surface area contributed by atoms with Crippen LogP contribution in [-0.4, -0.2) is 49.0 Å². The molecule has 1 aliphatic rings. The van der Waals surface area contributed by atoms with Crippen LogP contribution in [-0.2, 0) is 0 Å². The van der Waals surface area contributed by atoms with E-state index in [4.69, 9.17) is 5.11 Å². The number of nitrogens with one attached hydrogen (secondary N) is 3. The van der Waals surface area contributed by atoms with Crippen LogP contribution < -0.4 is 16.0 Å². The Morgan fingerprint density at radius 2 is 1.81 bits per heavy atom. The molecule has 4 N–H and O–H groups in total. The van der Waals surface area contributed by atoms with E-state index in [1.165, 1.54) is 18.4 Å². The second kappa shape index (κ2) is 21.5. The number of nitrogens with zero attached hydrogens (tertiary/aromatic N) is 1. The highest BCUT2D eigenvalue weighted by atomic mass is 32.1. The van der Waals surface area contributed by atoms with Crippen LogP contribution >= 0.6 is 24.0 Å². The van der Waals surface area contributed by atoms with Crippen LogP contribution in [0.1, 0.15) is 56.5 Å². The number of pyridine rings is 1. The summed E-state index contributed by atoms with van der Waals surface area (Å²) in [5.74, 6) is 1.89. The average Bonchev–Trinajstić information content (AvgIpc) is 3.56. The number of aliphatic hydroxyl groups excluding tert-OH is 1. The van der Waals surface area contributed by atoms with Crippen LogP contribution in [0.5, 0.6) is 0 Å². The van der Waals surface area contributed by atoms with Gasteiger partial charge in [0.05, 0.1) is 6.61 Å². The lowest BCUT2D eigenvalue weighted by Crippen LogP contribution is -2.26. The fourth-order valence-electron chi connectivity index (χ4n) is 2.06. The van der Waals surface area contributed by atoms with E-state index in [0.717, 1.165) is 12.5 Å². The third kappa shape index (κ3) is 15.6. The molecule has 0 aliphatic heterocycles. The summed E-state index contributed by atoms with van der Waals surface area (Å²) in [5.41, 5.74) is 1.89. The largest absolute Gasteiger partial charge is 0.395 e. The molecule has 2 aromatic heterocycles. The summed E-state index contributed by atoms with van der Waals surface area (Å²) in [7, 11) is 1.77. The van der Waals surface area contributed by atoms with Crippen LogP contribution in [0.4, 0.5) is 11.6 Å². The molecule has 2 aromatic rings. The van der Waals surface area contributed by atoms with Crippen molar-refractivity contribution >= 4 is 41.5 Å². The molecule has 1 saturated carbocycles. The van der Waals surface area contributed by atoms with Crippen molar-refractivity contribution in [1.29, 1.82) is 0 Å². The molecule has 2 heterocycles. The molecular weight excluding hydrogens is 428 g/mol. The third-order valence-corrected chi connectivity index (χ3v) is 4.47. The Morgan fingerprint density at radius 1 is 1.19 bits per heavy atom. The van der Waals surface area contributed by atoms with Crippen molar-refractivity contribution in [2.45, 2.75) is 47.5 Å². The first kappa shape index (κ1) is 31.4. The van der Waals surface area contributed by atoms with Gasteiger partial charge in [0.2, 0.25) is 0 Å². The van der Waals surface area contributed by atoms with Crippen LogP contribution in [0.15, 0.2) is 29.0 Å². The van der Waals surface area contributed by atoms with Gasteiger partial charge in [-0.2, -0.15) is 24.0 Å². The van der Waals surface area contributed by atoms with Gasteiger partial charge in [-0.05, 0) is 66.5 Å². The molecule has 3 rings (SSSR count). The summed E-state index contributed by atoms with van der Waals surface area (Å²) < 4.78 is 0. The Hall–Kier alpha value is -1.77. The minimum Gasteiger partial charge on any atom is -0.395 e. The number of aliphatic hydroxyl groups is 1. The molecular formula is C23H42N4O2S2. The molecule has 0 saturated heterocycles. The van der Waals surface area contributed by atoms with Crippen LogP contribution in [0.25, 0.3) is 0 Å². The SMILES string of the molecule is CC.CC.CNc1cc(C(=O)NCCO)cc(NCC2CC2)n1.CS.Cc1ccsc1. The molecule has 8 heteroatoms. The van der Waals surface area contributed by atoms with E-state index in [2.05, 4.69) is 57.3 Å². The number of anilines is 2. The van der Waals surface area contributed by atoms with Gasteiger partial charge in [-0.3, -0.25) is 4.79 Å². The lowest BCUT2D eigenvalue weighted by molar-refractivity contribution is 0.0944. The fraction of sp³-hybridized carbons (Fsp3) is 0.565. The highest BCUT2D eigenvalue weighted by Crippen LogP contribution is 2.29. The van der Waals surface area contributed by atoms with Crippen molar-refractivity contribution < 1.29 is 9.90 Å². The molecule has 6 nitrogen and oxygen atoms in total. The summed E-state index contributed by atoms with van der Waals surface area (Å²) in [5, 5.41) is 21.7. The maximum absolute atomic E-state index is 11.9. The highest BCUT2D eigenvalue weighted by Gasteiger charge is 2.21. The van der Waals surface area contributed by atoms with Gasteiger partial charge in [-0.25, -0.2) is 4.98 Å². The van der Waals surface area contributed by atoms with Crippen molar-refractivity contribution in [1.82, 2.24) is 10.3 Å². The van der Waals surface area contributed by atoms with E-state index in [0.29, 0.717) is 17.2 Å². The van der Waals surface area contributed by atoms with Crippen molar-refractivity contribution in [3.05, 3.63) is 40.1 Å². The zero-order chi connectivity index (χ0) is 24.1. The first-order valence-electron chi connectivity index (χ1n) is 10.9. The zero-order valence-corrected chi connectivity index (χ0v) is 21.9. The first-order valence-corrected chi connectivity index (χ1v) is 12.7. The normalized spacial score (nSPS) is 10.9. The molecule has 0 unspecified atom stereocenters. The van der Waals surface area contributed by atoms with Crippen LogP contribution in [0, 0.1) is 12.8 Å². The molecule has 0 spiro atoms. The van der Waals surface area contributed by atoms with Gasteiger partial charge in [0.1, 0.15) is 11.6 Å². The molecule has 0 radical (unpaired) electrons. The predicted octanol–water partition coefficient (Wildman–Crippen LogP) is 5.32. The summed E-state index contributed by atoms with van der Waals surface area (Å²) in [4.78, 5) is 16.2. The molecule has 1 aliphatic carbocycles. The number of rotatable bonds is 7. The Labute approximate surface area is 198 Å². The highest BCUT2D eigenvalue weighted by molar-refractivity contribution is 7.79. The molecule has 0 bridgehead atoms. The van der Waals surface area contributed by atoms with Crippen molar-refractivity contribution in [2.75, 3.05) is 43.6 Å². The fourth-order valence-corrected chi connectivity index (χ4v) is 2.72. The zero-order valence-electron chi connectivity index (χ0n) is 20.2. The average molecular weight is 471 g/mol. The summed E-state index contributed by atoms with van der Waals surface area (Å²) >= 11 is 5.27. The Kier molecular flexibility index (Phi) is 21.7. The summed E-state index contributed by atoms with van der Waals surface area (Å²) in [6.07, 6.45) is 4.23. The van der Waals surface area contributed by atoms with Gasteiger partial charge >= 0.3 is 0 Å². The van der Waals surface area contributed by atoms with E-state index < -0.39 is 0 Å². The summed E-state index contributed by atoms with van der Waals surface area (Å²) in [6, 6.07) is 5.52. The minimum absolute atomic E-state index is 0.0670. The molecule has 1 amide bonds. The molecule has 31 heavy (non-hydrogen) atoms. The Morgan fingerprint density at radius 3 is 2.23 bits per heavy atom. The third-order valence-electron chi connectivity index (χ3n) is 3.67. The maximum atomic E-state index is 11.9. The van der Waals surface area contributed by atoms with Crippen molar-refractivity contribution in [3.63, 3.8) is 0 Å². The second-order valence-electron chi connectivity index (χ2n) is 5.98. The monoisotopic (exact) mass is 470 g/mol. The number of thiol groups is 1. The van der Waals surface area contributed by atoms with Gasteiger partial charge in [-0.1, -0.05) is 27.7 Å². The van der Waals surface area contributed by atoms with Gasteiger partial charge in [-0.15, -0.1) is 0 Å². The molecule has 178 valence electrons. The Balaban J connectivity index is 0. The molecule has 0 aromatic carbocycles. The number of aryl methyl sites for hydroxylation is 1. The maximum Gasteiger partial charge on any atom is 0.251 e. The number of thiophene rings is 1. The van der Waals surface area contributed by atoms with E-state index in [-0.39, 0.29) is 19.1 Å². The van der Waals surface area contributed by atoms with Gasteiger partial charge in [0, 0.05) is 25.7 Å². The second-order valence-corrected chi connectivity index (χ2v) is 6.76. The number of carbonyl (C=O) groups is 1.